The van der Waals surface area contributed by atoms with Crippen molar-refractivity contribution in [1.29, 1.82) is 0 Å². The van der Waals surface area contributed by atoms with Crippen molar-refractivity contribution in [2.45, 2.75) is 26.2 Å². The molecule has 2 aromatic rings. The summed E-state index contributed by atoms with van der Waals surface area (Å²) >= 11 is 0. The first-order valence-electron chi connectivity index (χ1n) is 10.0. The quantitative estimate of drug-likeness (QED) is 0.670. The predicted octanol–water partition coefficient (Wildman–Crippen LogP) is 3.34. The lowest BCUT2D eigenvalue weighted by Crippen LogP contribution is -2.22. The Morgan fingerprint density at radius 3 is 2.47 bits per heavy atom. The van der Waals surface area contributed by atoms with E-state index in [4.69, 9.17) is 14.2 Å². The standard InChI is InChI=1S/C23H28N2O5/c1-16-12-18(7-9-20(16)25-10-4-5-11-25)24-22(26)15-30-23(27)13-17-6-8-19(28-2)14-21(17)29-3/h6-9,12,14H,4-5,10-11,13,15H2,1-3H3,(H,24,26). The first kappa shape index (κ1) is 21.5. The van der Waals surface area contributed by atoms with Crippen molar-refractivity contribution in [1.82, 2.24) is 0 Å². The van der Waals surface area contributed by atoms with E-state index in [1.54, 1.807) is 25.3 Å². The lowest BCUT2D eigenvalue weighted by Gasteiger charge is -2.20. The zero-order chi connectivity index (χ0) is 21.5. The summed E-state index contributed by atoms with van der Waals surface area (Å²) in [5, 5.41) is 2.78. The summed E-state index contributed by atoms with van der Waals surface area (Å²) < 4.78 is 15.6. The Bertz CT molecular complexity index is 906. The van der Waals surface area contributed by atoms with Gasteiger partial charge in [0, 0.05) is 36.1 Å². The van der Waals surface area contributed by atoms with Gasteiger partial charge in [0.05, 0.1) is 20.6 Å². The third-order valence-corrected chi connectivity index (χ3v) is 5.12. The smallest absolute Gasteiger partial charge is 0.310 e. The monoisotopic (exact) mass is 412 g/mol. The van der Waals surface area contributed by atoms with E-state index in [1.807, 2.05) is 25.1 Å². The number of ether oxygens (including phenoxy) is 3. The third kappa shape index (κ3) is 5.43. The van der Waals surface area contributed by atoms with E-state index in [1.165, 1.54) is 25.6 Å². The fraction of sp³-hybridized carbons (Fsp3) is 0.391. The molecule has 7 heteroatoms. The fourth-order valence-electron chi connectivity index (χ4n) is 3.59. The van der Waals surface area contributed by atoms with E-state index in [2.05, 4.69) is 10.2 Å². The molecule has 0 radical (unpaired) electrons. The highest BCUT2D eigenvalue weighted by atomic mass is 16.5. The molecule has 1 N–H and O–H groups in total. The predicted molar refractivity (Wildman–Crippen MR) is 115 cm³/mol. The summed E-state index contributed by atoms with van der Waals surface area (Å²) in [6.07, 6.45) is 2.43. The molecule has 3 rings (SSSR count). The highest BCUT2D eigenvalue weighted by Gasteiger charge is 2.16. The Morgan fingerprint density at radius 2 is 1.80 bits per heavy atom. The van der Waals surface area contributed by atoms with Gasteiger partial charge in [0.1, 0.15) is 11.5 Å². The van der Waals surface area contributed by atoms with Crippen molar-refractivity contribution < 1.29 is 23.8 Å². The number of hydrogen-bond donors (Lipinski definition) is 1. The Kier molecular flexibility index (Phi) is 7.17. The number of esters is 1. The lowest BCUT2D eigenvalue weighted by atomic mass is 10.1. The van der Waals surface area contributed by atoms with Crippen molar-refractivity contribution in [3.05, 3.63) is 47.5 Å². The number of aryl methyl sites for hydroxylation is 1. The van der Waals surface area contributed by atoms with Crippen LogP contribution in [0.3, 0.4) is 0 Å². The van der Waals surface area contributed by atoms with Crippen LogP contribution in [0.1, 0.15) is 24.0 Å². The zero-order valence-electron chi connectivity index (χ0n) is 17.7. The molecule has 1 fully saturated rings. The maximum atomic E-state index is 12.2. The Balaban J connectivity index is 1.51. The number of methoxy groups -OCH3 is 2. The van der Waals surface area contributed by atoms with Crippen LogP contribution < -0.4 is 19.7 Å². The second-order valence-electron chi connectivity index (χ2n) is 7.26. The molecule has 1 aliphatic rings. The first-order valence-corrected chi connectivity index (χ1v) is 10.0. The molecule has 0 spiro atoms. The number of benzene rings is 2. The van der Waals surface area contributed by atoms with Crippen molar-refractivity contribution in [2.24, 2.45) is 0 Å². The minimum Gasteiger partial charge on any atom is -0.497 e. The average molecular weight is 412 g/mol. The number of anilines is 2. The Labute approximate surface area is 176 Å². The molecule has 1 aliphatic heterocycles. The summed E-state index contributed by atoms with van der Waals surface area (Å²) in [5.41, 5.74) is 3.66. The summed E-state index contributed by atoms with van der Waals surface area (Å²) in [4.78, 5) is 26.7. The number of hydrogen-bond acceptors (Lipinski definition) is 6. The van der Waals surface area contributed by atoms with Crippen molar-refractivity contribution >= 4 is 23.3 Å². The molecular formula is C23H28N2O5. The second-order valence-corrected chi connectivity index (χ2v) is 7.26. The van der Waals surface area contributed by atoms with Gasteiger partial charge in [-0.25, -0.2) is 0 Å². The minimum absolute atomic E-state index is 0.00406. The van der Waals surface area contributed by atoms with Crippen LogP contribution in [0.25, 0.3) is 0 Å². The molecule has 0 unspecified atom stereocenters. The second kappa shape index (κ2) is 10.0. The third-order valence-electron chi connectivity index (χ3n) is 5.12. The van der Waals surface area contributed by atoms with Crippen molar-refractivity contribution in [2.75, 3.05) is 44.1 Å². The molecule has 0 bridgehead atoms. The lowest BCUT2D eigenvalue weighted by molar-refractivity contribution is -0.146. The van der Waals surface area contributed by atoms with Gasteiger partial charge in [-0.15, -0.1) is 0 Å². The number of rotatable bonds is 8. The van der Waals surface area contributed by atoms with Crippen LogP contribution in [0.4, 0.5) is 11.4 Å². The molecule has 0 atom stereocenters. The largest absolute Gasteiger partial charge is 0.497 e. The topological polar surface area (TPSA) is 77.1 Å². The number of nitrogens with one attached hydrogen (secondary N) is 1. The van der Waals surface area contributed by atoms with E-state index in [0.29, 0.717) is 22.7 Å². The number of amides is 1. The van der Waals surface area contributed by atoms with Crippen LogP contribution in [0.5, 0.6) is 11.5 Å². The van der Waals surface area contributed by atoms with Crippen LogP contribution in [0.2, 0.25) is 0 Å². The van der Waals surface area contributed by atoms with E-state index in [-0.39, 0.29) is 18.9 Å². The molecule has 2 aromatic carbocycles. The molecule has 1 saturated heterocycles. The SMILES string of the molecule is COc1ccc(CC(=O)OCC(=O)Nc2ccc(N3CCCC3)c(C)c2)c(OC)c1. The number of carbonyl (C=O) groups excluding carboxylic acids is 2. The maximum absolute atomic E-state index is 12.2. The van der Waals surface area contributed by atoms with Crippen LogP contribution in [-0.4, -0.2) is 45.8 Å². The summed E-state index contributed by atoms with van der Waals surface area (Å²) in [6.45, 7) is 3.83. The molecule has 0 saturated carbocycles. The van der Waals surface area contributed by atoms with Gasteiger partial charge in [-0.1, -0.05) is 6.07 Å². The molecule has 1 heterocycles. The summed E-state index contributed by atoms with van der Waals surface area (Å²) in [6, 6.07) is 11.0. The van der Waals surface area contributed by atoms with Crippen molar-refractivity contribution in [3.8, 4) is 11.5 Å². The van der Waals surface area contributed by atoms with Gasteiger partial charge in [-0.05, 0) is 49.6 Å². The van der Waals surface area contributed by atoms with E-state index >= 15 is 0 Å². The summed E-state index contributed by atoms with van der Waals surface area (Å²) in [7, 11) is 3.08. The van der Waals surface area contributed by atoms with Crippen LogP contribution in [0, 0.1) is 6.92 Å². The highest BCUT2D eigenvalue weighted by Crippen LogP contribution is 2.27. The normalized spacial score (nSPS) is 13.1. The van der Waals surface area contributed by atoms with Gasteiger partial charge in [-0.2, -0.15) is 0 Å². The molecule has 0 aliphatic carbocycles. The molecular weight excluding hydrogens is 384 g/mol. The Morgan fingerprint density at radius 1 is 1.03 bits per heavy atom. The van der Waals surface area contributed by atoms with Gasteiger partial charge >= 0.3 is 5.97 Å². The fourth-order valence-corrected chi connectivity index (χ4v) is 3.59. The van der Waals surface area contributed by atoms with Gasteiger partial charge in [0.25, 0.3) is 5.91 Å². The van der Waals surface area contributed by atoms with Crippen LogP contribution in [-0.2, 0) is 20.7 Å². The minimum atomic E-state index is -0.505. The van der Waals surface area contributed by atoms with Gasteiger partial charge in [-0.3, -0.25) is 9.59 Å². The highest BCUT2D eigenvalue weighted by molar-refractivity contribution is 5.93. The first-order chi connectivity index (χ1) is 14.5. The maximum Gasteiger partial charge on any atom is 0.310 e. The average Bonchev–Trinajstić information content (AvgIpc) is 3.27. The molecule has 160 valence electrons. The molecule has 7 nitrogen and oxygen atoms in total. The van der Waals surface area contributed by atoms with Gasteiger partial charge in [0.15, 0.2) is 6.61 Å². The van der Waals surface area contributed by atoms with Crippen LogP contribution >= 0.6 is 0 Å². The number of nitrogens with zero attached hydrogens (tertiary/aromatic N) is 1. The van der Waals surface area contributed by atoms with E-state index in [0.717, 1.165) is 18.7 Å². The molecule has 1 amide bonds. The van der Waals surface area contributed by atoms with Crippen LogP contribution in [0.15, 0.2) is 36.4 Å². The molecule has 0 aromatic heterocycles. The van der Waals surface area contributed by atoms with Gasteiger partial charge in [0.2, 0.25) is 0 Å². The van der Waals surface area contributed by atoms with Gasteiger partial charge < -0.3 is 24.4 Å². The zero-order valence-corrected chi connectivity index (χ0v) is 17.7. The molecule has 30 heavy (non-hydrogen) atoms. The van der Waals surface area contributed by atoms with Crippen molar-refractivity contribution in [3.63, 3.8) is 0 Å². The Hall–Kier alpha value is -3.22. The van der Waals surface area contributed by atoms with E-state index in [9.17, 15) is 9.59 Å². The number of carbonyl (C=O) groups is 2. The summed E-state index contributed by atoms with van der Waals surface area (Å²) in [5.74, 6) is 0.284. The van der Waals surface area contributed by atoms with E-state index < -0.39 is 5.97 Å².